The third-order valence-corrected chi connectivity index (χ3v) is 4.00. The molecular formula is C14H17N3O8. The first-order chi connectivity index (χ1) is 11.8. The Bertz CT molecular complexity index is 741. The summed E-state index contributed by atoms with van der Waals surface area (Å²) in [6.07, 6.45) is -5.61. The molecular weight excluding hydrogens is 338 g/mol. The summed E-state index contributed by atoms with van der Waals surface area (Å²) in [6, 6.07) is 2.30. The van der Waals surface area contributed by atoms with Gasteiger partial charge < -0.3 is 40.5 Å². The van der Waals surface area contributed by atoms with Crippen molar-refractivity contribution < 1.29 is 40.5 Å². The molecule has 1 aliphatic rings. The maximum atomic E-state index is 10.1. The van der Waals surface area contributed by atoms with Gasteiger partial charge in [-0.2, -0.15) is 0 Å². The average Bonchev–Trinajstić information content (AvgIpc) is 3.07. The summed E-state index contributed by atoms with van der Waals surface area (Å²) >= 11 is 0. The van der Waals surface area contributed by atoms with Gasteiger partial charge in [-0.05, 0) is 12.1 Å². The molecule has 2 unspecified atom stereocenters. The summed E-state index contributed by atoms with van der Waals surface area (Å²) in [5.74, 6) is -1.79. The van der Waals surface area contributed by atoms with Gasteiger partial charge in [-0.1, -0.05) is 5.21 Å². The van der Waals surface area contributed by atoms with Crippen LogP contribution in [0.15, 0.2) is 18.3 Å². The van der Waals surface area contributed by atoms with Crippen LogP contribution in [-0.4, -0.2) is 81.8 Å². The Hall–Kier alpha value is -2.44. The first-order valence-corrected chi connectivity index (χ1v) is 7.31. The first kappa shape index (κ1) is 17.4. The molecule has 5 atom stereocenters. The van der Waals surface area contributed by atoms with Gasteiger partial charge in [-0.25, -0.2) is 4.68 Å². The maximum absolute atomic E-state index is 10.1. The average molecular weight is 355 g/mol. The highest BCUT2D eigenvalue weighted by Crippen LogP contribution is 2.38. The predicted molar refractivity (Wildman–Crippen MR) is 79.5 cm³/mol. The molecule has 7 N–H and O–H groups in total. The lowest BCUT2D eigenvalue weighted by Crippen LogP contribution is -2.56. The zero-order valence-corrected chi connectivity index (χ0v) is 12.7. The number of phenolic OH excluding ortho intramolecular Hbond substituents is 3. The van der Waals surface area contributed by atoms with Crippen molar-refractivity contribution in [2.75, 3.05) is 6.61 Å². The second kappa shape index (κ2) is 6.46. The number of aromatic nitrogens is 3. The third-order valence-electron chi connectivity index (χ3n) is 4.00. The summed E-state index contributed by atoms with van der Waals surface area (Å²) in [4.78, 5) is 0. The quantitative estimate of drug-likeness (QED) is 0.305. The smallest absolute Gasteiger partial charge is 0.200 e. The number of ether oxygens (including phenoxy) is 1. The van der Waals surface area contributed by atoms with Crippen LogP contribution < -0.4 is 0 Å². The molecule has 1 aromatic heterocycles. The lowest BCUT2D eigenvalue weighted by molar-refractivity contribution is -0.254. The van der Waals surface area contributed by atoms with Crippen LogP contribution in [0.25, 0.3) is 11.3 Å². The summed E-state index contributed by atoms with van der Waals surface area (Å²) in [5, 5.41) is 74.9. The second-order valence-electron chi connectivity index (χ2n) is 5.67. The zero-order chi connectivity index (χ0) is 18.3. The van der Waals surface area contributed by atoms with E-state index < -0.39 is 54.5 Å². The molecule has 0 spiro atoms. The van der Waals surface area contributed by atoms with Crippen LogP contribution in [0.1, 0.15) is 6.23 Å². The lowest BCUT2D eigenvalue weighted by atomic mass is 9.98. The van der Waals surface area contributed by atoms with Crippen molar-refractivity contribution in [2.24, 2.45) is 0 Å². The van der Waals surface area contributed by atoms with Gasteiger partial charge in [0.2, 0.25) is 0 Å². The number of phenols is 3. The lowest BCUT2D eigenvalue weighted by Gasteiger charge is -2.39. The minimum absolute atomic E-state index is 0.169. The van der Waals surface area contributed by atoms with Crippen molar-refractivity contribution >= 4 is 0 Å². The van der Waals surface area contributed by atoms with Crippen LogP contribution in [0.4, 0.5) is 0 Å². The zero-order valence-electron chi connectivity index (χ0n) is 12.7. The Morgan fingerprint density at radius 1 is 1.00 bits per heavy atom. The molecule has 0 radical (unpaired) electrons. The minimum Gasteiger partial charge on any atom is -0.504 e. The van der Waals surface area contributed by atoms with Gasteiger partial charge in [-0.15, -0.1) is 5.10 Å². The molecule has 0 amide bonds. The molecule has 2 aromatic rings. The molecule has 1 aromatic carbocycles. The Balaban J connectivity index is 1.91. The topological polar surface area (TPSA) is 182 Å². The maximum Gasteiger partial charge on any atom is 0.200 e. The van der Waals surface area contributed by atoms with Gasteiger partial charge in [0.15, 0.2) is 23.5 Å². The van der Waals surface area contributed by atoms with E-state index in [0.717, 1.165) is 16.8 Å². The standard InChI is InChI=1S/C14H17N3O8/c18-4-9-11(22)12(23)13(24)14(25-9)17-3-6(15-16-17)5-1-7(19)10(21)8(20)2-5/h1-3,9,11-14,18-24H,4H2/t9?,11-,12?,13+,14-/m1/s1. The molecule has 11 nitrogen and oxygen atoms in total. The predicted octanol–water partition coefficient (Wildman–Crippen LogP) is -1.97. The molecule has 0 saturated carbocycles. The normalized spacial score (nSPS) is 29.7. The highest BCUT2D eigenvalue weighted by Gasteiger charge is 2.44. The summed E-state index contributed by atoms with van der Waals surface area (Å²) in [5.41, 5.74) is 0.395. The van der Waals surface area contributed by atoms with E-state index in [1.165, 1.54) is 6.20 Å². The SMILES string of the molecule is OCC1O[C@@H](n2cc(-c3cc(O)c(O)c(O)c3)nn2)[C@@H](O)C(O)[C@@H]1O. The van der Waals surface area contributed by atoms with Crippen molar-refractivity contribution in [3.63, 3.8) is 0 Å². The molecule has 0 bridgehead atoms. The molecule has 25 heavy (non-hydrogen) atoms. The van der Waals surface area contributed by atoms with Crippen molar-refractivity contribution in [3.05, 3.63) is 18.3 Å². The molecule has 3 rings (SSSR count). The number of hydrogen-bond acceptors (Lipinski definition) is 10. The van der Waals surface area contributed by atoms with E-state index in [2.05, 4.69) is 10.3 Å². The van der Waals surface area contributed by atoms with E-state index in [0.29, 0.717) is 0 Å². The van der Waals surface area contributed by atoms with E-state index in [4.69, 9.17) is 4.74 Å². The van der Waals surface area contributed by atoms with Gasteiger partial charge in [0.1, 0.15) is 30.1 Å². The Morgan fingerprint density at radius 3 is 2.24 bits per heavy atom. The van der Waals surface area contributed by atoms with Crippen LogP contribution in [-0.2, 0) is 4.74 Å². The number of nitrogens with zero attached hydrogens (tertiary/aromatic N) is 3. The summed E-state index contributed by atoms with van der Waals surface area (Å²) in [6.45, 7) is -0.581. The summed E-state index contributed by atoms with van der Waals surface area (Å²) < 4.78 is 6.41. The molecule has 0 aliphatic carbocycles. The fourth-order valence-electron chi connectivity index (χ4n) is 2.59. The van der Waals surface area contributed by atoms with Gasteiger partial charge in [0.25, 0.3) is 0 Å². The number of rotatable bonds is 3. The van der Waals surface area contributed by atoms with Crippen molar-refractivity contribution in [1.29, 1.82) is 0 Å². The van der Waals surface area contributed by atoms with E-state index in [1.807, 2.05) is 0 Å². The fourth-order valence-corrected chi connectivity index (χ4v) is 2.59. The van der Waals surface area contributed by atoms with Crippen LogP contribution >= 0.6 is 0 Å². The number of aliphatic hydroxyl groups excluding tert-OH is 4. The van der Waals surface area contributed by atoms with Gasteiger partial charge in [0, 0.05) is 5.56 Å². The van der Waals surface area contributed by atoms with Crippen molar-refractivity contribution in [1.82, 2.24) is 15.0 Å². The van der Waals surface area contributed by atoms with Crippen LogP contribution in [0.2, 0.25) is 0 Å². The Morgan fingerprint density at radius 2 is 1.64 bits per heavy atom. The molecule has 11 heteroatoms. The monoisotopic (exact) mass is 355 g/mol. The van der Waals surface area contributed by atoms with E-state index in [9.17, 15) is 35.7 Å². The van der Waals surface area contributed by atoms with Crippen LogP contribution in [0.3, 0.4) is 0 Å². The van der Waals surface area contributed by atoms with Crippen molar-refractivity contribution in [3.8, 4) is 28.5 Å². The van der Waals surface area contributed by atoms with Crippen molar-refractivity contribution in [2.45, 2.75) is 30.6 Å². The summed E-state index contributed by atoms with van der Waals surface area (Å²) in [7, 11) is 0. The van der Waals surface area contributed by atoms with E-state index >= 15 is 0 Å². The van der Waals surface area contributed by atoms with Crippen LogP contribution in [0, 0.1) is 0 Å². The largest absolute Gasteiger partial charge is 0.504 e. The second-order valence-corrected chi connectivity index (χ2v) is 5.67. The first-order valence-electron chi connectivity index (χ1n) is 7.31. The number of aliphatic hydroxyl groups is 4. The fraction of sp³-hybridized carbons (Fsp3) is 0.429. The molecule has 1 aliphatic heterocycles. The van der Waals surface area contributed by atoms with Gasteiger partial charge in [-0.3, -0.25) is 0 Å². The van der Waals surface area contributed by atoms with E-state index in [-0.39, 0.29) is 11.3 Å². The highest BCUT2D eigenvalue weighted by atomic mass is 16.6. The minimum atomic E-state index is -1.56. The molecule has 1 fully saturated rings. The number of aromatic hydroxyl groups is 3. The number of benzene rings is 1. The highest BCUT2D eigenvalue weighted by molar-refractivity contribution is 5.66. The number of hydrogen-bond donors (Lipinski definition) is 7. The molecule has 1 saturated heterocycles. The van der Waals surface area contributed by atoms with Gasteiger partial charge in [0.05, 0.1) is 12.8 Å². The van der Waals surface area contributed by atoms with Gasteiger partial charge >= 0.3 is 0 Å². The third kappa shape index (κ3) is 2.99. The van der Waals surface area contributed by atoms with E-state index in [1.54, 1.807) is 0 Å². The Kier molecular flexibility index (Phi) is 4.49. The molecule has 2 heterocycles. The van der Waals surface area contributed by atoms with Crippen LogP contribution in [0.5, 0.6) is 17.2 Å². The molecule has 136 valence electrons. The Labute approximate surface area is 140 Å².